The van der Waals surface area contributed by atoms with Gasteiger partial charge in [-0.25, -0.2) is 15.0 Å². The van der Waals surface area contributed by atoms with E-state index in [4.69, 9.17) is 4.74 Å². The molecule has 0 unspecified atom stereocenters. The number of anilines is 1. The van der Waals surface area contributed by atoms with Gasteiger partial charge in [0.15, 0.2) is 5.16 Å². The predicted molar refractivity (Wildman–Crippen MR) is 98.9 cm³/mol. The van der Waals surface area contributed by atoms with Crippen molar-refractivity contribution in [1.29, 1.82) is 0 Å². The summed E-state index contributed by atoms with van der Waals surface area (Å²) in [6.07, 6.45) is 7.00. The van der Waals surface area contributed by atoms with Crippen molar-refractivity contribution >= 4 is 17.6 Å². The van der Waals surface area contributed by atoms with Gasteiger partial charge in [0.05, 0.1) is 18.9 Å². The van der Waals surface area contributed by atoms with E-state index in [1.165, 1.54) is 16.8 Å². The van der Waals surface area contributed by atoms with Crippen LogP contribution in [0, 0.1) is 0 Å². The van der Waals surface area contributed by atoms with E-state index in [1.807, 2.05) is 18.6 Å². The summed E-state index contributed by atoms with van der Waals surface area (Å²) in [7, 11) is 0. The Kier molecular flexibility index (Phi) is 5.14. The van der Waals surface area contributed by atoms with Crippen LogP contribution in [0.5, 0.6) is 0 Å². The van der Waals surface area contributed by atoms with Crippen molar-refractivity contribution in [3.8, 4) is 0 Å². The van der Waals surface area contributed by atoms with Gasteiger partial charge in [0, 0.05) is 57.1 Å². The number of rotatable bonds is 4. The Morgan fingerprint density at radius 1 is 1.12 bits per heavy atom. The fourth-order valence-corrected chi connectivity index (χ4v) is 3.70. The Morgan fingerprint density at radius 3 is 2.76 bits per heavy atom. The Balaban J connectivity index is 1.39. The van der Waals surface area contributed by atoms with Gasteiger partial charge in [0.1, 0.15) is 5.82 Å². The molecular weight excluding hydrogens is 334 g/mol. The number of fused-ring (bicyclic) bond motifs is 1. The third-order valence-corrected chi connectivity index (χ3v) is 5.29. The molecule has 2 aromatic heterocycles. The number of aromatic nitrogens is 3. The molecule has 1 fully saturated rings. The quantitative estimate of drug-likeness (QED) is 0.613. The van der Waals surface area contributed by atoms with Gasteiger partial charge in [0.2, 0.25) is 0 Å². The Labute approximate surface area is 152 Å². The molecule has 0 N–H and O–H groups in total. The first-order valence-corrected chi connectivity index (χ1v) is 9.93. The fourth-order valence-electron chi connectivity index (χ4n) is 3.34. The summed E-state index contributed by atoms with van der Waals surface area (Å²) in [5.74, 6) is 1.05. The fraction of sp³-hybridized carbons (Fsp3) is 0.500. The molecule has 0 aliphatic carbocycles. The van der Waals surface area contributed by atoms with Crippen molar-refractivity contribution in [2.75, 3.05) is 44.0 Å². The summed E-state index contributed by atoms with van der Waals surface area (Å²) in [5.41, 5.74) is 3.71. The number of hydrogen-bond donors (Lipinski definition) is 0. The lowest BCUT2D eigenvalue weighted by Gasteiger charge is -2.29. The lowest BCUT2D eigenvalue weighted by Crippen LogP contribution is -2.36. The van der Waals surface area contributed by atoms with E-state index in [2.05, 4.69) is 36.9 Å². The van der Waals surface area contributed by atoms with Gasteiger partial charge in [-0.1, -0.05) is 17.8 Å². The van der Waals surface area contributed by atoms with Crippen molar-refractivity contribution in [3.05, 3.63) is 41.3 Å². The molecule has 0 amide bonds. The Morgan fingerprint density at radius 2 is 2.00 bits per heavy atom. The lowest BCUT2D eigenvalue weighted by atomic mass is 10.1. The molecular formula is C18H23N5OS. The summed E-state index contributed by atoms with van der Waals surface area (Å²) in [6, 6.07) is 4.33. The minimum atomic E-state index is 0.789. The molecule has 1 saturated heterocycles. The molecule has 0 atom stereocenters. The van der Waals surface area contributed by atoms with Gasteiger partial charge >= 0.3 is 0 Å². The molecule has 4 heterocycles. The van der Waals surface area contributed by atoms with Gasteiger partial charge in [-0.15, -0.1) is 0 Å². The minimum Gasteiger partial charge on any atom is -0.378 e. The first kappa shape index (κ1) is 16.8. The second-order valence-corrected chi connectivity index (χ2v) is 7.19. The summed E-state index contributed by atoms with van der Waals surface area (Å²) < 4.78 is 5.40. The van der Waals surface area contributed by atoms with Crippen LogP contribution in [0.1, 0.15) is 16.8 Å². The van der Waals surface area contributed by atoms with Crippen molar-refractivity contribution in [2.45, 2.75) is 24.7 Å². The van der Waals surface area contributed by atoms with Crippen LogP contribution in [0.2, 0.25) is 0 Å². The van der Waals surface area contributed by atoms with Crippen LogP contribution in [0.3, 0.4) is 0 Å². The highest BCUT2D eigenvalue weighted by molar-refractivity contribution is 7.98. The number of thioether (sulfide) groups is 1. The maximum Gasteiger partial charge on any atom is 0.187 e. The average molecular weight is 357 g/mol. The highest BCUT2D eigenvalue weighted by Crippen LogP contribution is 2.21. The molecule has 2 aliphatic rings. The van der Waals surface area contributed by atoms with Crippen molar-refractivity contribution in [3.63, 3.8) is 0 Å². The maximum absolute atomic E-state index is 5.40. The maximum atomic E-state index is 5.40. The van der Waals surface area contributed by atoms with Gasteiger partial charge in [-0.05, 0) is 17.9 Å². The number of morpholine rings is 1. The van der Waals surface area contributed by atoms with Gasteiger partial charge < -0.3 is 9.64 Å². The van der Waals surface area contributed by atoms with E-state index < -0.39 is 0 Å². The lowest BCUT2D eigenvalue weighted by molar-refractivity contribution is 0.122. The first-order valence-electron chi connectivity index (χ1n) is 8.70. The monoisotopic (exact) mass is 357 g/mol. The number of nitrogens with zero attached hydrogens (tertiary/aromatic N) is 5. The minimum absolute atomic E-state index is 0.789. The molecule has 0 aromatic carbocycles. The molecule has 2 aromatic rings. The largest absolute Gasteiger partial charge is 0.378 e. The molecule has 6 nitrogen and oxygen atoms in total. The molecule has 25 heavy (non-hydrogen) atoms. The molecule has 0 saturated carbocycles. The van der Waals surface area contributed by atoms with Crippen LogP contribution in [0.4, 0.5) is 5.82 Å². The molecule has 0 radical (unpaired) electrons. The smallest absolute Gasteiger partial charge is 0.187 e. The topological polar surface area (TPSA) is 54.4 Å². The van der Waals surface area contributed by atoms with Gasteiger partial charge in [-0.3, -0.25) is 4.90 Å². The van der Waals surface area contributed by atoms with Crippen LogP contribution in [-0.2, 0) is 24.2 Å². The summed E-state index contributed by atoms with van der Waals surface area (Å²) in [4.78, 5) is 18.4. The number of pyridine rings is 1. The standard InChI is InChI=1S/C18H23N5OS/c1-25-18-20-11-15-13-22(5-4-16(15)21-18)12-14-2-3-17(19-10-14)23-6-8-24-9-7-23/h2-3,10-11H,4-9,12-13H2,1H3. The van der Waals surface area contributed by atoms with Crippen LogP contribution < -0.4 is 4.90 Å². The Hall–Kier alpha value is -1.70. The summed E-state index contributed by atoms with van der Waals surface area (Å²) in [6.45, 7) is 6.28. The summed E-state index contributed by atoms with van der Waals surface area (Å²) >= 11 is 1.60. The third-order valence-electron chi connectivity index (χ3n) is 4.72. The highest BCUT2D eigenvalue weighted by atomic mass is 32.2. The van der Waals surface area contributed by atoms with Crippen molar-refractivity contribution in [2.24, 2.45) is 0 Å². The van der Waals surface area contributed by atoms with Crippen molar-refractivity contribution < 1.29 is 4.74 Å². The zero-order chi connectivity index (χ0) is 17.1. The van der Waals surface area contributed by atoms with Gasteiger partial charge in [-0.2, -0.15) is 0 Å². The van der Waals surface area contributed by atoms with Crippen LogP contribution in [0.25, 0.3) is 0 Å². The van der Waals surface area contributed by atoms with Crippen LogP contribution in [0.15, 0.2) is 29.7 Å². The molecule has 2 aliphatic heterocycles. The molecule has 4 rings (SSSR count). The summed E-state index contributed by atoms with van der Waals surface area (Å²) in [5, 5.41) is 0.870. The first-order chi connectivity index (χ1) is 12.3. The third kappa shape index (κ3) is 3.94. The van der Waals surface area contributed by atoms with E-state index >= 15 is 0 Å². The molecule has 7 heteroatoms. The molecule has 0 bridgehead atoms. The molecule has 132 valence electrons. The Bertz CT molecular complexity index is 718. The second kappa shape index (κ2) is 7.68. The second-order valence-electron chi connectivity index (χ2n) is 6.41. The van der Waals surface area contributed by atoms with E-state index in [-0.39, 0.29) is 0 Å². The predicted octanol–water partition coefficient (Wildman–Crippen LogP) is 1.99. The van der Waals surface area contributed by atoms with Crippen LogP contribution in [-0.4, -0.2) is 59.0 Å². The SMILES string of the molecule is CSc1ncc2c(n1)CCN(Cc1ccc(N3CCOCC3)nc1)C2. The number of ether oxygens (including phenoxy) is 1. The van der Waals surface area contributed by atoms with E-state index in [9.17, 15) is 0 Å². The average Bonchev–Trinajstić information content (AvgIpc) is 2.69. The van der Waals surface area contributed by atoms with Gasteiger partial charge in [0.25, 0.3) is 0 Å². The number of hydrogen-bond acceptors (Lipinski definition) is 7. The van der Waals surface area contributed by atoms with E-state index in [1.54, 1.807) is 11.8 Å². The zero-order valence-electron chi connectivity index (χ0n) is 14.5. The molecule has 0 spiro atoms. The van der Waals surface area contributed by atoms with E-state index in [0.29, 0.717) is 0 Å². The van der Waals surface area contributed by atoms with Crippen molar-refractivity contribution in [1.82, 2.24) is 19.9 Å². The zero-order valence-corrected chi connectivity index (χ0v) is 15.3. The van der Waals surface area contributed by atoms with Crippen LogP contribution >= 0.6 is 11.8 Å². The normalized spacial score (nSPS) is 18.2. The highest BCUT2D eigenvalue weighted by Gasteiger charge is 2.19. The van der Waals surface area contributed by atoms with E-state index in [0.717, 1.165) is 63.3 Å².